The molecular formula is C14H26N2S2. The normalized spacial score (nSPS) is 13.1. The van der Waals surface area contributed by atoms with E-state index >= 15 is 0 Å². The van der Waals surface area contributed by atoms with Gasteiger partial charge >= 0.3 is 0 Å². The Balaban J connectivity index is 2.05. The first-order chi connectivity index (χ1) is 8.77. The van der Waals surface area contributed by atoms with Gasteiger partial charge in [-0.15, -0.1) is 0 Å². The topological polar surface area (TPSA) is 15.3 Å². The zero-order valence-corrected chi connectivity index (χ0v) is 13.4. The van der Waals surface area contributed by atoms with Gasteiger partial charge in [0, 0.05) is 24.9 Å². The molecule has 0 radical (unpaired) electrons. The maximum absolute atomic E-state index is 3.53. The number of hydrogen-bond acceptors (Lipinski definition) is 4. The van der Waals surface area contributed by atoms with Gasteiger partial charge in [0.15, 0.2) is 0 Å². The quantitative estimate of drug-likeness (QED) is 0.666. The first kappa shape index (κ1) is 16.0. The van der Waals surface area contributed by atoms with Crippen molar-refractivity contribution in [1.82, 2.24) is 10.2 Å². The Hall–Kier alpha value is -0.0300. The molecule has 1 heterocycles. The molecule has 0 aliphatic rings. The molecule has 1 N–H and O–H groups in total. The fourth-order valence-corrected chi connectivity index (χ4v) is 3.56. The Kier molecular flexibility index (Phi) is 8.76. The van der Waals surface area contributed by atoms with Crippen LogP contribution < -0.4 is 5.32 Å². The van der Waals surface area contributed by atoms with Crippen LogP contribution in [0, 0.1) is 0 Å². The lowest BCUT2D eigenvalue weighted by Crippen LogP contribution is -2.38. The summed E-state index contributed by atoms with van der Waals surface area (Å²) in [6.45, 7) is 5.60. The molecule has 0 saturated carbocycles. The summed E-state index contributed by atoms with van der Waals surface area (Å²) < 4.78 is 0. The van der Waals surface area contributed by atoms with E-state index in [2.05, 4.69) is 47.3 Å². The molecule has 0 amide bonds. The molecule has 1 aromatic rings. The number of nitrogens with zero attached hydrogens (tertiary/aromatic N) is 1. The zero-order valence-electron chi connectivity index (χ0n) is 11.8. The van der Waals surface area contributed by atoms with E-state index < -0.39 is 0 Å². The standard InChI is InChI=1S/C14H26N2S2/c1-4-14(12-17-3)16(2)9-8-15-7-5-13-6-10-18-11-13/h6,10-11,14-15H,4-5,7-9,12H2,1-3H3. The highest BCUT2D eigenvalue weighted by atomic mass is 32.2. The van der Waals surface area contributed by atoms with Crippen molar-refractivity contribution in [2.75, 3.05) is 38.7 Å². The van der Waals surface area contributed by atoms with Gasteiger partial charge < -0.3 is 10.2 Å². The molecule has 0 aliphatic carbocycles. The number of rotatable bonds is 10. The van der Waals surface area contributed by atoms with Gasteiger partial charge in [-0.25, -0.2) is 0 Å². The Morgan fingerprint density at radius 2 is 2.28 bits per heavy atom. The van der Waals surface area contributed by atoms with Crippen molar-refractivity contribution in [3.63, 3.8) is 0 Å². The molecule has 0 aliphatic heterocycles. The van der Waals surface area contributed by atoms with E-state index in [1.54, 1.807) is 11.3 Å². The van der Waals surface area contributed by atoms with Crippen LogP contribution in [0.15, 0.2) is 16.8 Å². The summed E-state index contributed by atoms with van der Waals surface area (Å²) in [6.07, 6.45) is 4.58. The van der Waals surface area contributed by atoms with Gasteiger partial charge in [0.05, 0.1) is 0 Å². The van der Waals surface area contributed by atoms with Gasteiger partial charge in [0.1, 0.15) is 0 Å². The number of hydrogen-bond donors (Lipinski definition) is 1. The molecule has 1 rings (SSSR count). The van der Waals surface area contributed by atoms with Crippen LogP contribution in [0.25, 0.3) is 0 Å². The molecule has 1 unspecified atom stereocenters. The highest BCUT2D eigenvalue weighted by Crippen LogP contribution is 2.07. The second kappa shape index (κ2) is 9.84. The lowest BCUT2D eigenvalue weighted by Gasteiger charge is -2.26. The lowest BCUT2D eigenvalue weighted by atomic mass is 10.2. The van der Waals surface area contributed by atoms with E-state index in [0.29, 0.717) is 0 Å². The molecule has 4 heteroatoms. The van der Waals surface area contributed by atoms with Crippen LogP contribution in [0.5, 0.6) is 0 Å². The van der Waals surface area contributed by atoms with E-state index in [1.807, 2.05) is 11.8 Å². The minimum atomic E-state index is 0.721. The molecule has 2 nitrogen and oxygen atoms in total. The Bertz CT molecular complexity index is 288. The first-order valence-corrected chi connectivity index (χ1v) is 9.02. The smallest absolute Gasteiger partial charge is 0.0181 e. The summed E-state index contributed by atoms with van der Waals surface area (Å²) in [5.41, 5.74) is 1.45. The van der Waals surface area contributed by atoms with Crippen LogP contribution in [0.4, 0.5) is 0 Å². The van der Waals surface area contributed by atoms with Crippen LogP contribution in [0.1, 0.15) is 18.9 Å². The summed E-state index contributed by atoms with van der Waals surface area (Å²) in [4.78, 5) is 2.48. The fourth-order valence-electron chi connectivity index (χ4n) is 1.98. The Morgan fingerprint density at radius 3 is 2.89 bits per heavy atom. The molecule has 1 atom stereocenters. The molecule has 0 aromatic carbocycles. The van der Waals surface area contributed by atoms with Gasteiger partial charge in [-0.3, -0.25) is 0 Å². The summed E-state index contributed by atoms with van der Waals surface area (Å²) >= 11 is 3.73. The van der Waals surface area contributed by atoms with E-state index in [-0.39, 0.29) is 0 Å². The minimum absolute atomic E-state index is 0.721. The monoisotopic (exact) mass is 286 g/mol. The van der Waals surface area contributed by atoms with Crippen LogP contribution in [-0.4, -0.2) is 49.6 Å². The Morgan fingerprint density at radius 1 is 1.44 bits per heavy atom. The molecule has 104 valence electrons. The van der Waals surface area contributed by atoms with Crippen molar-refractivity contribution >= 4 is 23.1 Å². The third-order valence-corrected chi connectivity index (χ3v) is 4.72. The van der Waals surface area contributed by atoms with Crippen molar-refractivity contribution in [3.8, 4) is 0 Å². The summed E-state index contributed by atoms with van der Waals surface area (Å²) in [6, 6.07) is 2.93. The van der Waals surface area contributed by atoms with Crippen LogP contribution >= 0.6 is 23.1 Å². The fraction of sp³-hybridized carbons (Fsp3) is 0.714. The average molecular weight is 287 g/mol. The molecule has 0 fully saturated rings. The molecular weight excluding hydrogens is 260 g/mol. The third-order valence-electron chi connectivity index (χ3n) is 3.27. The molecule has 0 spiro atoms. The largest absolute Gasteiger partial charge is 0.315 e. The number of thioether (sulfide) groups is 1. The van der Waals surface area contributed by atoms with Crippen LogP contribution in [-0.2, 0) is 6.42 Å². The number of thiophene rings is 1. The first-order valence-electron chi connectivity index (χ1n) is 6.68. The van der Waals surface area contributed by atoms with Gasteiger partial charge in [0.2, 0.25) is 0 Å². The van der Waals surface area contributed by atoms with Crippen LogP contribution in [0.3, 0.4) is 0 Å². The summed E-state index contributed by atoms with van der Waals surface area (Å²) in [7, 11) is 2.24. The van der Waals surface area contributed by atoms with E-state index in [0.717, 1.165) is 32.1 Å². The molecule has 0 bridgehead atoms. The summed E-state index contributed by atoms with van der Waals surface area (Å²) in [5, 5.41) is 7.92. The van der Waals surface area contributed by atoms with Crippen molar-refractivity contribution in [3.05, 3.63) is 22.4 Å². The van der Waals surface area contributed by atoms with Crippen molar-refractivity contribution in [2.24, 2.45) is 0 Å². The maximum Gasteiger partial charge on any atom is 0.0181 e. The van der Waals surface area contributed by atoms with Crippen molar-refractivity contribution < 1.29 is 0 Å². The molecule has 0 saturated heterocycles. The van der Waals surface area contributed by atoms with E-state index in [9.17, 15) is 0 Å². The van der Waals surface area contributed by atoms with Gasteiger partial charge in [0.25, 0.3) is 0 Å². The maximum atomic E-state index is 3.53. The van der Waals surface area contributed by atoms with E-state index in [1.165, 1.54) is 17.7 Å². The third kappa shape index (κ3) is 6.23. The van der Waals surface area contributed by atoms with Crippen LogP contribution in [0.2, 0.25) is 0 Å². The predicted molar refractivity (Wildman–Crippen MR) is 86.0 cm³/mol. The van der Waals surface area contributed by atoms with Gasteiger partial charge in [-0.2, -0.15) is 23.1 Å². The second-order valence-corrected chi connectivity index (χ2v) is 6.32. The number of nitrogens with one attached hydrogen (secondary N) is 1. The molecule has 1 aromatic heterocycles. The zero-order chi connectivity index (χ0) is 13.2. The lowest BCUT2D eigenvalue weighted by molar-refractivity contribution is 0.256. The summed E-state index contributed by atoms with van der Waals surface area (Å²) in [5.74, 6) is 1.24. The highest BCUT2D eigenvalue weighted by Gasteiger charge is 2.10. The SMILES string of the molecule is CCC(CSC)N(C)CCNCCc1ccsc1. The van der Waals surface area contributed by atoms with Gasteiger partial charge in [-0.1, -0.05) is 6.92 Å². The van der Waals surface area contributed by atoms with E-state index in [4.69, 9.17) is 0 Å². The average Bonchev–Trinajstić information content (AvgIpc) is 2.88. The van der Waals surface area contributed by atoms with Crippen molar-refractivity contribution in [2.45, 2.75) is 25.8 Å². The van der Waals surface area contributed by atoms with Crippen molar-refractivity contribution in [1.29, 1.82) is 0 Å². The van der Waals surface area contributed by atoms with Gasteiger partial charge in [-0.05, 0) is 55.1 Å². The second-order valence-electron chi connectivity index (χ2n) is 4.63. The number of likely N-dealkylation sites (N-methyl/N-ethyl adjacent to an activating group) is 1. The Labute approximate surface area is 120 Å². The molecule has 18 heavy (non-hydrogen) atoms. The minimum Gasteiger partial charge on any atom is -0.315 e. The highest BCUT2D eigenvalue weighted by molar-refractivity contribution is 7.98. The predicted octanol–water partition coefficient (Wildman–Crippen LogP) is 2.95.